The number of rotatable bonds is 18. The van der Waals surface area contributed by atoms with Gasteiger partial charge in [0.15, 0.2) is 0 Å². The third-order valence-electron chi connectivity index (χ3n) is 6.79. The lowest BCUT2D eigenvalue weighted by Crippen LogP contribution is -2.47. The molecule has 3 N–H and O–H groups in total. The number of hydroxylamine groups is 2. The summed E-state index contributed by atoms with van der Waals surface area (Å²) in [7, 11) is -0.937. The largest absolute Gasteiger partial charge is 0.493 e. The van der Waals surface area contributed by atoms with Gasteiger partial charge in [-0.15, -0.1) is 0 Å². The molecule has 0 spiro atoms. The highest BCUT2D eigenvalue weighted by Gasteiger charge is 2.31. The highest BCUT2D eigenvalue weighted by atomic mass is 31.2. The van der Waals surface area contributed by atoms with Crippen LogP contribution in [0.1, 0.15) is 63.2 Å². The van der Waals surface area contributed by atoms with Crippen molar-refractivity contribution in [2.24, 2.45) is 5.92 Å². The van der Waals surface area contributed by atoms with Crippen molar-refractivity contribution >= 4 is 31.1 Å². The first-order valence-electron chi connectivity index (χ1n) is 13.8. The molecular weight excluding hydrogens is 549 g/mol. The highest BCUT2D eigenvalue weighted by molar-refractivity contribution is 7.62. The minimum atomic E-state index is -3.55. The molecule has 0 heterocycles. The van der Waals surface area contributed by atoms with E-state index in [2.05, 4.69) is 17.6 Å². The van der Waals surface area contributed by atoms with Gasteiger partial charge in [0.2, 0.25) is 12.3 Å². The average Bonchev–Trinajstić information content (AvgIpc) is 3.00. The molecule has 0 saturated carbocycles. The van der Waals surface area contributed by atoms with Crippen molar-refractivity contribution < 1.29 is 37.9 Å². The summed E-state index contributed by atoms with van der Waals surface area (Å²) in [6.45, 7) is 5.87. The first kappa shape index (κ1) is 34.0. The van der Waals surface area contributed by atoms with Gasteiger partial charge in [0.25, 0.3) is 5.91 Å². The molecule has 11 nitrogen and oxygen atoms in total. The molecule has 0 aliphatic carbocycles. The number of nitrogens with one attached hydrogen (secondary N) is 2. The second-order valence-corrected chi connectivity index (χ2v) is 11.6. The number of amides is 3. The predicted molar refractivity (Wildman–Crippen MR) is 156 cm³/mol. The number of unbranched alkanes of at least 4 members (excludes halogenated alkanes) is 2. The van der Waals surface area contributed by atoms with Gasteiger partial charge in [0.1, 0.15) is 11.1 Å². The van der Waals surface area contributed by atoms with Crippen LogP contribution in [-0.2, 0) is 23.2 Å². The SMILES string of the molecule is CCCCC[C@@H](C(=O)NCNC(=O)c1cccc(-c2ccc(P(=O)(OC)OC)c(OCC)c2)c1)[C@@H](CC)N(O)C=O. The van der Waals surface area contributed by atoms with E-state index in [4.69, 9.17) is 13.8 Å². The van der Waals surface area contributed by atoms with Crippen LogP contribution < -0.4 is 20.7 Å². The van der Waals surface area contributed by atoms with Gasteiger partial charge in [-0.3, -0.25) is 24.2 Å². The van der Waals surface area contributed by atoms with Gasteiger partial charge in [0.05, 0.1) is 25.2 Å². The van der Waals surface area contributed by atoms with Crippen molar-refractivity contribution in [1.82, 2.24) is 15.7 Å². The van der Waals surface area contributed by atoms with Gasteiger partial charge in [0, 0.05) is 19.8 Å². The van der Waals surface area contributed by atoms with Crippen LogP contribution in [0.2, 0.25) is 0 Å². The number of benzene rings is 2. The van der Waals surface area contributed by atoms with Crippen molar-refractivity contribution in [2.75, 3.05) is 27.5 Å². The Morgan fingerprint density at radius 2 is 1.73 bits per heavy atom. The minimum absolute atomic E-state index is 0.123. The first-order valence-corrected chi connectivity index (χ1v) is 15.3. The first-order chi connectivity index (χ1) is 19.7. The molecule has 0 saturated heterocycles. The summed E-state index contributed by atoms with van der Waals surface area (Å²) in [5, 5.41) is 16.2. The quantitative estimate of drug-likeness (QED) is 0.0575. The summed E-state index contributed by atoms with van der Waals surface area (Å²) in [6, 6.07) is 11.3. The van der Waals surface area contributed by atoms with Crippen LogP contribution in [0.15, 0.2) is 42.5 Å². The molecule has 0 bridgehead atoms. The number of carbonyl (C=O) groups excluding carboxylic acids is 3. The fraction of sp³-hybridized carbons (Fsp3) is 0.483. The molecule has 0 fully saturated rings. The van der Waals surface area contributed by atoms with Crippen LogP contribution in [0.25, 0.3) is 11.1 Å². The Bertz CT molecular complexity index is 1200. The lowest BCUT2D eigenvalue weighted by Gasteiger charge is -2.29. The monoisotopic (exact) mass is 591 g/mol. The van der Waals surface area contributed by atoms with E-state index in [0.29, 0.717) is 47.5 Å². The molecule has 0 unspecified atom stereocenters. The maximum Gasteiger partial charge on any atom is 0.364 e. The molecule has 41 heavy (non-hydrogen) atoms. The average molecular weight is 592 g/mol. The van der Waals surface area contributed by atoms with Gasteiger partial charge < -0.3 is 24.4 Å². The molecule has 2 aromatic carbocycles. The fourth-order valence-electron chi connectivity index (χ4n) is 4.59. The fourth-order valence-corrected chi connectivity index (χ4v) is 5.79. The van der Waals surface area contributed by atoms with Crippen molar-refractivity contribution in [3.8, 4) is 16.9 Å². The summed E-state index contributed by atoms with van der Waals surface area (Å²) in [5.74, 6) is -1.01. The molecule has 226 valence electrons. The van der Waals surface area contributed by atoms with Crippen LogP contribution in [0.4, 0.5) is 0 Å². The predicted octanol–water partition coefficient (Wildman–Crippen LogP) is 4.49. The summed E-state index contributed by atoms with van der Waals surface area (Å²) < 4.78 is 28.9. The van der Waals surface area contributed by atoms with Gasteiger partial charge >= 0.3 is 7.60 Å². The third kappa shape index (κ3) is 9.13. The maximum atomic E-state index is 13.0. The van der Waals surface area contributed by atoms with E-state index in [0.717, 1.165) is 30.4 Å². The van der Waals surface area contributed by atoms with E-state index in [1.54, 1.807) is 43.3 Å². The van der Waals surface area contributed by atoms with Crippen LogP contribution in [0.5, 0.6) is 5.75 Å². The lowest BCUT2D eigenvalue weighted by atomic mass is 9.90. The standard InChI is InChI=1S/C29H42N3O8P/c1-6-9-10-14-24(25(7-2)32(36)20-33)29(35)31-19-30-28(34)23-13-11-12-21(17-23)22-15-16-27(26(18-22)40-8-3)41(37,38-4)39-5/h11-13,15-18,20,24-25,36H,6-10,14,19H2,1-5H3,(H,30,34)(H,31,35)/t24-,25-/m1/s1. The van der Waals surface area contributed by atoms with Gasteiger partial charge in [-0.1, -0.05) is 51.3 Å². The second-order valence-electron chi connectivity index (χ2n) is 9.35. The number of carbonyl (C=O) groups is 3. The molecule has 2 atom stereocenters. The minimum Gasteiger partial charge on any atom is -0.493 e. The van der Waals surface area contributed by atoms with E-state index in [1.165, 1.54) is 14.2 Å². The Labute approximate surface area is 242 Å². The summed E-state index contributed by atoms with van der Waals surface area (Å²) >= 11 is 0. The third-order valence-corrected chi connectivity index (χ3v) is 8.71. The molecule has 2 aromatic rings. The van der Waals surface area contributed by atoms with E-state index >= 15 is 0 Å². The van der Waals surface area contributed by atoms with Gasteiger partial charge in [-0.25, -0.2) is 5.06 Å². The Hall–Kier alpha value is -3.24. The molecule has 0 aliphatic rings. The smallest absolute Gasteiger partial charge is 0.364 e. The summed E-state index contributed by atoms with van der Waals surface area (Å²) in [4.78, 5) is 37.0. The highest BCUT2D eigenvalue weighted by Crippen LogP contribution is 2.48. The Morgan fingerprint density at radius 3 is 2.34 bits per heavy atom. The van der Waals surface area contributed by atoms with Crippen molar-refractivity contribution in [3.63, 3.8) is 0 Å². The number of ether oxygens (including phenoxy) is 1. The van der Waals surface area contributed by atoms with Gasteiger partial charge in [-0.2, -0.15) is 0 Å². The molecule has 12 heteroatoms. The summed E-state index contributed by atoms with van der Waals surface area (Å²) in [6.07, 6.45) is 3.88. The zero-order chi connectivity index (χ0) is 30.4. The molecule has 0 aliphatic heterocycles. The molecule has 0 radical (unpaired) electrons. The Balaban J connectivity index is 2.16. The molecular formula is C29H42N3O8P. The summed E-state index contributed by atoms with van der Waals surface area (Å²) in [5.41, 5.74) is 1.81. The van der Waals surface area contributed by atoms with Gasteiger partial charge in [-0.05, 0) is 55.2 Å². The molecule has 2 rings (SSSR count). The van der Waals surface area contributed by atoms with E-state index < -0.39 is 25.5 Å². The number of hydrogen-bond acceptors (Lipinski definition) is 8. The Morgan fingerprint density at radius 1 is 1.02 bits per heavy atom. The van der Waals surface area contributed by atoms with Crippen molar-refractivity contribution in [3.05, 3.63) is 48.0 Å². The zero-order valence-electron chi connectivity index (χ0n) is 24.4. The van der Waals surface area contributed by atoms with E-state index in [9.17, 15) is 24.2 Å². The topological polar surface area (TPSA) is 144 Å². The molecule has 3 amide bonds. The second kappa shape index (κ2) is 16.9. The molecule has 0 aromatic heterocycles. The normalized spacial score (nSPS) is 12.7. The van der Waals surface area contributed by atoms with Crippen molar-refractivity contribution in [2.45, 2.75) is 58.9 Å². The number of nitrogens with zero attached hydrogens (tertiary/aromatic N) is 1. The van der Waals surface area contributed by atoms with Crippen molar-refractivity contribution in [1.29, 1.82) is 0 Å². The van der Waals surface area contributed by atoms with Crippen LogP contribution in [0.3, 0.4) is 0 Å². The van der Waals surface area contributed by atoms with E-state index in [1.807, 2.05) is 13.0 Å². The Kier molecular flexibility index (Phi) is 14.0. The number of hydrogen-bond donors (Lipinski definition) is 3. The lowest BCUT2D eigenvalue weighted by molar-refractivity contribution is -0.168. The zero-order valence-corrected chi connectivity index (χ0v) is 25.3. The van der Waals surface area contributed by atoms with Crippen LogP contribution in [-0.4, -0.2) is 62.0 Å². The van der Waals surface area contributed by atoms with Crippen LogP contribution >= 0.6 is 7.60 Å². The van der Waals surface area contributed by atoms with Crippen LogP contribution in [0, 0.1) is 5.92 Å². The van der Waals surface area contributed by atoms with E-state index in [-0.39, 0.29) is 12.6 Å². The maximum absolute atomic E-state index is 13.0.